The minimum Gasteiger partial charge on any atom is -0.465 e. The zero-order valence-electron chi connectivity index (χ0n) is 11.8. The monoisotopic (exact) mass is 295 g/mol. The van der Waals surface area contributed by atoms with Crippen molar-refractivity contribution in [1.82, 2.24) is 15.0 Å². The molecule has 7 heteroatoms. The molecule has 0 aliphatic heterocycles. The summed E-state index contributed by atoms with van der Waals surface area (Å²) in [6.07, 6.45) is 3.24. The van der Waals surface area contributed by atoms with Gasteiger partial charge in [0, 0.05) is 23.3 Å². The minimum atomic E-state index is -0.524. The van der Waals surface area contributed by atoms with Gasteiger partial charge in [0.05, 0.1) is 12.6 Å². The molecule has 0 radical (unpaired) electrons. The largest absolute Gasteiger partial charge is 0.465 e. The highest BCUT2D eigenvalue weighted by Crippen LogP contribution is 2.25. The Morgan fingerprint density at radius 3 is 2.68 bits per heavy atom. The van der Waals surface area contributed by atoms with Crippen molar-refractivity contribution in [3.05, 3.63) is 42.2 Å². The van der Waals surface area contributed by atoms with E-state index in [-0.39, 0.29) is 17.3 Å². The van der Waals surface area contributed by atoms with Crippen LogP contribution < -0.4 is 11.5 Å². The normalized spacial score (nSPS) is 10.6. The fourth-order valence-corrected chi connectivity index (χ4v) is 2.13. The first-order chi connectivity index (χ1) is 10.6. The molecule has 0 aliphatic carbocycles. The van der Waals surface area contributed by atoms with Crippen LogP contribution in [0.5, 0.6) is 0 Å². The number of esters is 1. The quantitative estimate of drug-likeness (QED) is 0.690. The molecule has 0 unspecified atom stereocenters. The SMILES string of the molecule is COC(=O)c1cc(-c2ccc3nc(N)ncc3c2)cnc1N. The van der Waals surface area contributed by atoms with E-state index >= 15 is 0 Å². The molecule has 0 aliphatic rings. The molecule has 2 heterocycles. The molecule has 0 saturated carbocycles. The maximum Gasteiger partial charge on any atom is 0.341 e. The first-order valence-corrected chi connectivity index (χ1v) is 6.45. The molecule has 0 fully saturated rings. The summed E-state index contributed by atoms with van der Waals surface area (Å²) in [6.45, 7) is 0. The summed E-state index contributed by atoms with van der Waals surface area (Å²) < 4.78 is 4.70. The van der Waals surface area contributed by atoms with Crippen LogP contribution in [0.25, 0.3) is 22.0 Å². The van der Waals surface area contributed by atoms with Crippen molar-refractivity contribution in [2.75, 3.05) is 18.6 Å². The van der Waals surface area contributed by atoms with Crippen LogP contribution in [0, 0.1) is 0 Å². The Morgan fingerprint density at radius 1 is 1.09 bits per heavy atom. The van der Waals surface area contributed by atoms with Gasteiger partial charge in [-0.1, -0.05) is 6.07 Å². The number of carbonyl (C=O) groups excluding carboxylic acids is 1. The number of hydrogen-bond donors (Lipinski definition) is 2. The number of nitrogens with two attached hydrogens (primary N) is 2. The summed E-state index contributed by atoms with van der Waals surface area (Å²) in [4.78, 5) is 23.8. The zero-order valence-corrected chi connectivity index (χ0v) is 11.8. The maximum absolute atomic E-state index is 11.7. The van der Waals surface area contributed by atoms with Crippen molar-refractivity contribution in [3.63, 3.8) is 0 Å². The highest BCUT2D eigenvalue weighted by molar-refractivity contribution is 5.95. The first kappa shape index (κ1) is 13.7. The van der Waals surface area contributed by atoms with Gasteiger partial charge < -0.3 is 16.2 Å². The van der Waals surface area contributed by atoms with Crippen molar-refractivity contribution in [2.24, 2.45) is 0 Å². The topological polar surface area (TPSA) is 117 Å². The third-order valence-corrected chi connectivity index (χ3v) is 3.26. The predicted molar refractivity (Wildman–Crippen MR) is 82.9 cm³/mol. The minimum absolute atomic E-state index is 0.132. The number of carbonyl (C=O) groups is 1. The van der Waals surface area contributed by atoms with Crippen LogP contribution in [0.4, 0.5) is 11.8 Å². The van der Waals surface area contributed by atoms with Crippen LogP contribution >= 0.6 is 0 Å². The molecule has 22 heavy (non-hydrogen) atoms. The number of fused-ring (bicyclic) bond motifs is 1. The van der Waals surface area contributed by atoms with Crippen molar-refractivity contribution in [1.29, 1.82) is 0 Å². The molecule has 3 aromatic rings. The molecule has 110 valence electrons. The summed E-state index contributed by atoms with van der Waals surface area (Å²) in [5.41, 5.74) is 13.8. The van der Waals surface area contributed by atoms with E-state index in [4.69, 9.17) is 16.2 Å². The maximum atomic E-state index is 11.7. The van der Waals surface area contributed by atoms with Crippen LogP contribution in [0.15, 0.2) is 36.7 Å². The number of nitrogen functional groups attached to an aromatic ring is 2. The highest BCUT2D eigenvalue weighted by atomic mass is 16.5. The zero-order chi connectivity index (χ0) is 15.7. The standard InChI is InChI=1S/C15H13N5O2/c1-22-14(21)11-5-9(6-18-13(11)16)8-2-3-12-10(4-8)7-19-15(17)20-12/h2-7H,1H3,(H2,16,18)(H2,17,19,20). The van der Waals surface area contributed by atoms with Gasteiger partial charge in [0.25, 0.3) is 0 Å². The van der Waals surface area contributed by atoms with Gasteiger partial charge in [-0.15, -0.1) is 0 Å². The molecule has 2 aromatic heterocycles. The second-order valence-electron chi connectivity index (χ2n) is 4.65. The average molecular weight is 295 g/mol. The lowest BCUT2D eigenvalue weighted by molar-refractivity contribution is 0.0601. The second-order valence-corrected chi connectivity index (χ2v) is 4.65. The highest BCUT2D eigenvalue weighted by Gasteiger charge is 2.13. The van der Waals surface area contributed by atoms with E-state index in [0.29, 0.717) is 0 Å². The van der Waals surface area contributed by atoms with Crippen LogP contribution in [0.3, 0.4) is 0 Å². The number of methoxy groups -OCH3 is 1. The molecular weight excluding hydrogens is 282 g/mol. The number of pyridine rings is 1. The number of benzene rings is 1. The smallest absolute Gasteiger partial charge is 0.341 e. The molecule has 0 atom stereocenters. The van der Waals surface area contributed by atoms with Crippen LogP contribution in [0.2, 0.25) is 0 Å². The summed E-state index contributed by atoms with van der Waals surface area (Å²) >= 11 is 0. The van der Waals surface area contributed by atoms with Gasteiger partial charge in [0.15, 0.2) is 0 Å². The van der Waals surface area contributed by atoms with Gasteiger partial charge in [0.2, 0.25) is 5.95 Å². The summed E-state index contributed by atoms with van der Waals surface area (Å²) in [5, 5.41) is 0.836. The Morgan fingerprint density at radius 2 is 1.91 bits per heavy atom. The molecule has 0 spiro atoms. The van der Waals surface area contributed by atoms with E-state index in [0.717, 1.165) is 22.0 Å². The Bertz CT molecular complexity index is 879. The van der Waals surface area contributed by atoms with E-state index in [2.05, 4.69) is 15.0 Å². The van der Waals surface area contributed by atoms with Crippen molar-refractivity contribution in [2.45, 2.75) is 0 Å². The molecule has 0 bridgehead atoms. The van der Waals surface area contributed by atoms with Gasteiger partial charge in [-0.2, -0.15) is 0 Å². The van der Waals surface area contributed by atoms with Crippen molar-refractivity contribution >= 4 is 28.6 Å². The second kappa shape index (κ2) is 5.28. The molecule has 4 N–H and O–H groups in total. The Labute approximate surface area is 126 Å². The Balaban J connectivity index is 2.11. The van der Waals surface area contributed by atoms with Crippen molar-refractivity contribution in [3.8, 4) is 11.1 Å². The lowest BCUT2D eigenvalue weighted by Crippen LogP contribution is -2.07. The summed E-state index contributed by atoms with van der Waals surface area (Å²) in [5.74, 6) is -0.168. The lowest BCUT2D eigenvalue weighted by Gasteiger charge is -2.07. The lowest BCUT2D eigenvalue weighted by atomic mass is 10.0. The number of anilines is 2. The van der Waals surface area contributed by atoms with Gasteiger partial charge in [0.1, 0.15) is 11.4 Å². The van der Waals surface area contributed by atoms with E-state index in [1.165, 1.54) is 7.11 Å². The van der Waals surface area contributed by atoms with Gasteiger partial charge in [-0.3, -0.25) is 0 Å². The first-order valence-electron chi connectivity index (χ1n) is 6.45. The summed E-state index contributed by atoms with van der Waals surface area (Å²) in [6, 6.07) is 7.23. The molecular formula is C15H13N5O2. The third kappa shape index (κ3) is 2.39. The predicted octanol–water partition coefficient (Wildman–Crippen LogP) is 1.64. The number of rotatable bonds is 2. The van der Waals surface area contributed by atoms with Crippen LogP contribution in [-0.4, -0.2) is 28.0 Å². The number of ether oxygens (including phenoxy) is 1. The van der Waals surface area contributed by atoms with E-state index in [1.807, 2.05) is 18.2 Å². The van der Waals surface area contributed by atoms with E-state index < -0.39 is 5.97 Å². The van der Waals surface area contributed by atoms with Gasteiger partial charge in [-0.05, 0) is 23.8 Å². The Hall–Kier alpha value is -3.22. The fraction of sp³-hybridized carbons (Fsp3) is 0.0667. The van der Waals surface area contributed by atoms with Crippen molar-refractivity contribution < 1.29 is 9.53 Å². The van der Waals surface area contributed by atoms with Gasteiger partial charge in [-0.25, -0.2) is 19.7 Å². The van der Waals surface area contributed by atoms with Crippen LogP contribution in [-0.2, 0) is 4.74 Å². The Kier molecular flexibility index (Phi) is 3.30. The summed E-state index contributed by atoms with van der Waals surface area (Å²) in [7, 11) is 1.30. The van der Waals surface area contributed by atoms with E-state index in [1.54, 1.807) is 18.5 Å². The number of nitrogens with zero attached hydrogens (tertiary/aromatic N) is 3. The fourth-order valence-electron chi connectivity index (χ4n) is 2.13. The molecule has 3 rings (SSSR count). The number of aromatic nitrogens is 3. The molecule has 7 nitrogen and oxygen atoms in total. The molecule has 1 aromatic carbocycles. The van der Waals surface area contributed by atoms with Crippen LogP contribution in [0.1, 0.15) is 10.4 Å². The molecule has 0 saturated heterocycles. The van der Waals surface area contributed by atoms with E-state index in [9.17, 15) is 4.79 Å². The number of hydrogen-bond acceptors (Lipinski definition) is 7. The van der Waals surface area contributed by atoms with Gasteiger partial charge >= 0.3 is 5.97 Å². The third-order valence-electron chi connectivity index (χ3n) is 3.26. The molecule has 0 amide bonds. The average Bonchev–Trinajstić information content (AvgIpc) is 2.54.